The standard InChI is InChI=1S/C26H31N5OS2/c1-7-31-23(18-12-14-19(15-13-18)26(3,4)5)28-29-25(31)33-16-22(32)30(6)17(2)24-27-20-10-8-9-11-21(20)34-24/h8-15,17H,7,16H2,1-6H3. The summed E-state index contributed by atoms with van der Waals surface area (Å²) in [5.41, 5.74) is 3.39. The SMILES string of the molecule is CCn1c(SCC(=O)N(C)C(C)c2nc3ccccc3s2)nnc1-c1ccc(C(C)(C)C)cc1. The second-order valence-electron chi connectivity index (χ2n) is 9.37. The quantitative estimate of drug-likeness (QED) is 0.288. The average Bonchev–Trinajstić information content (AvgIpc) is 3.45. The maximum absolute atomic E-state index is 13.0. The van der Waals surface area contributed by atoms with Crippen LogP contribution in [-0.4, -0.2) is 43.4 Å². The Morgan fingerprint density at radius 2 is 1.82 bits per heavy atom. The Labute approximate surface area is 209 Å². The van der Waals surface area contributed by atoms with Gasteiger partial charge >= 0.3 is 0 Å². The van der Waals surface area contributed by atoms with Crippen LogP contribution in [0, 0.1) is 0 Å². The maximum Gasteiger partial charge on any atom is 0.233 e. The third kappa shape index (κ3) is 5.03. The molecule has 6 nitrogen and oxygen atoms in total. The van der Waals surface area contributed by atoms with E-state index in [2.05, 4.69) is 72.8 Å². The number of carbonyl (C=O) groups is 1. The molecular weight excluding hydrogens is 462 g/mol. The Balaban J connectivity index is 1.44. The Bertz CT molecular complexity index is 1250. The fourth-order valence-corrected chi connectivity index (χ4v) is 5.68. The molecule has 0 aliphatic carbocycles. The average molecular weight is 494 g/mol. The monoisotopic (exact) mass is 493 g/mol. The minimum absolute atomic E-state index is 0.0403. The lowest BCUT2D eigenvalue weighted by molar-refractivity contribution is -0.128. The topological polar surface area (TPSA) is 63.9 Å². The molecule has 8 heteroatoms. The molecule has 0 aliphatic heterocycles. The molecule has 4 rings (SSSR count). The zero-order valence-electron chi connectivity index (χ0n) is 20.6. The number of thiazole rings is 1. The van der Waals surface area contributed by atoms with Gasteiger partial charge in [-0.25, -0.2) is 4.98 Å². The molecular formula is C26H31N5OS2. The van der Waals surface area contributed by atoms with Crippen molar-refractivity contribution in [3.05, 3.63) is 59.1 Å². The fraction of sp³-hybridized carbons (Fsp3) is 0.385. The first-order chi connectivity index (χ1) is 16.2. The van der Waals surface area contributed by atoms with Crippen molar-refractivity contribution in [2.45, 2.75) is 57.8 Å². The smallest absolute Gasteiger partial charge is 0.233 e. The van der Waals surface area contributed by atoms with Gasteiger partial charge in [0.1, 0.15) is 5.01 Å². The third-order valence-corrected chi connectivity index (χ3v) is 8.17. The summed E-state index contributed by atoms with van der Waals surface area (Å²) in [6.45, 7) is 11.4. The van der Waals surface area contributed by atoms with Crippen molar-refractivity contribution >= 4 is 39.2 Å². The number of thioether (sulfide) groups is 1. The van der Waals surface area contributed by atoms with E-state index in [-0.39, 0.29) is 17.4 Å². The van der Waals surface area contributed by atoms with Gasteiger partial charge in [0.2, 0.25) is 5.91 Å². The number of hydrogen-bond acceptors (Lipinski definition) is 6. The van der Waals surface area contributed by atoms with E-state index in [4.69, 9.17) is 4.98 Å². The first kappa shape index (κ1) is 24.4. The molecule has 4 aromatic rings. The van der Waals surface area contributed by atoms with Gasteiger partial charge < -0.3 is 9.47 Å². The summed E-state index contributed by atoms with van der Waals surface area (Å²) < 4.78 is 3.21. The van der Waals surface area contributed by atoms with Crippen molar-refractivity contribution in [3.63, 3.8) is 0 Å². The Morgan fingerprint density at radius 3 is 2.47 bits per heavy atom. The first-order valence-electron chi connectivity index (χ1n) is 11.5. The van der Waals surface area contributed by atoms with E-state index in [9.17, 15) is 4.79 Å². The fourth-order valence-electron chi connectivity index (χ4n) is 3.69. The number of fused-ring (bicyclic) bond motifs is 1. The van der Waals surface area contributed by atoms with Crippen LogP contribution in [0.15, 0.2) is 53.7 Å². The molecule has 34 heavy (non-hydrogen) atoms. The summed E-state index contributed by atoms with van der Waals surface area (Å²) in [6, 6.07) is 16.5. The van der Waals surface area contributed by atoms with Gasteiger partial charge in [0.25, 0.3) is 0 Å². The van der Waals surface area contributed by atoms with Crippen LogP contribution in [0.1, 0.15) is 51.2 Å². The van der Waals surface area contributed by atoms with Crippen molar-refractivity contribution in [1.29, 1.82) is 0 Å². The highest BCUT2D eigenvalue weighted by Crippen LogP contribution is 2.30. The number of para-hydroxylation sites is 1. The van der Waals surface area contributed by atoms with Crippen LogP contribution in [0.5, 0.6) is 0 Å². The highest BCUT2D eigenvalue weighted by atomic mass is 32.2. The highest BCUT2D eigenvalue weighted by molar-refractivity contribution is 7.99. The zero-order chi connectivity index (χ0) is 24.5. The third-order valence-electron chi connectivity index (χ3n) is 6.01. The molecule has 0 saturated carbocycles. The molecule has 0 spiro atoms. The number of aromatic nitrogens is 4. The van der Waals surface area contributed by atoms with E-state index in [1.807, 2.05) is 32.2 Å². The van der Waals surface area contributed by atoms with Crippen molar-refractivity contribution < 1.29 is 4.79 Å². The summed E-state index contributed by atoms with van der Waals surface area (Å²) >= 11 is 3.07. The Morgan fingerprint density at radius 1 is 1.12 bits per heavy atom. The van der Waals surface area contributed by atoms with Crippen LogP contribution in [0.4, 0.5) is 0 Å². The normalized spacial score (nSPS) is 12.8. The molecule has 1 amide bonds. The van der Waals surface area contributed by atoms with E-state index in [1.165, 1.54) is 17.3 Å². The van der Waals surface area contributed by atoms with Crippen LogP contribution in [0.25, 0.3) is 21.6 Å². The van der Waals surface area contributed by atoms with Gasteiger partial charge in [-0.1, -0.05) is 68.9 Å². The second kappa shape index (κ2) is 9.88. The summed E-state index contributed by atoms with van der Waals surface area (Å²) in [7, 11) is 1.84. The molecule has 0 saturated heterocycles. The number of hydrogen-bond donors (Lipinski definition) is 0. The van der Waals surface area contributed by atoms with Crippen LogP contribution >= 0.6 is 23.1 Å². The van der Waals surface area contributed by atoms with Crippen LogP contribution in [0.3, 0.4) is 0 Å². The van der Waals surface area contributed by atoms with Crippen LogP contribution < -0.4 is 0 Å². The zero-order valence-corrected chi connectivity index (χ0v) is 22.2. The van der Waals surface area contributed by atoms with Crippen molar-refractivity contribution in [3.8, 4) is 11.4 Å². The van der Waals surface area contributed by atoms with E-state index >= 15 is 0 Å². The summed E-state index contributed by atoms with van der Waals surface area (Å²) in [5, 5.41) is 10.5. The lowest BCUT2D eigenvalue weighted by atomic mass is 9.87. The molecule has 2 aromatic heterocycles. The lowest BCUT2D eigenvalue weighted by Crippen LogP contribution is -2.31. The number of rotatable bonds is 7. The summed E-state index contributed by atoms with van der Waals surface area (Å²) in [5.74, 6) is 1.17. The molecule has 178 valence electrons. The van der Waals surface area contributed by atoms with E-state index in [0.29, 0.717) is 5.75 Å². The van der Waals surface area contributed by atoms with Gasteiger partial charge in [0.15, 0.2) is 11.0 Å². The molecule has 0 bridgehead atoms. The largest absolute Gasteiger partial charge is 0.336 e. The Kier molecular flexibility index (Phi) is 7.09. The van der Waals surface area contributed by atoms with Crippen LogP contribution in [0.2, 0.25) is 0 Å². The number of nitrogens with zero attached hydrogens (tertiary/aromatic N) is 5. The molecule has 1 atom stereocenters. The van der Waals surface area contributed by atoms with Crippen LogP contribution in [-0.2, 0) is 16.8 Å². The number of benzene rings is 2. The van der Waals surface area contributed by atoms with E-state index in [0.717, 1.165) is 38.3 Å². The molecule has 2 aromatic carbocycles. The minimum Gasteiger partial charge on any atom is -0.336 e. The van der Waals surface area contributed by atoms with E-state index in [1.54, 1.807) is 16.2 Å². The maximum atomic E-state index is 13.0. The van der Waals surface area contributed by atoms with Gasteiger partial charge in [-0.05, 0) is 37.0 Å². The molecule has 2 heterocycles. The van der Waals surface area contributed by atoms with Gasteiger partial charge in [0.05, 0.1) is 22.0 Å². The van der Waals surface area contributed by atoms with Gasteiger partial charge in [-0.2, -0.15) is 0 Å². The lowest BCUT2D eigenvalue weighted by Gasteiger charge is -2.23. The minimum atomic E-state index is -0.0913. The Hall–Kier alpha value is -2.71. The molecule has 0 aliphatic rings. The van der Waals surface area contributed by atoms with E-state index < -0.39 is 0 Å². The predicted molar refractivity (Wildman–Crippen MR) is 141 cm³/mol. The van der Waals surface area contributed by atoms with Crippen molar-refractivity contribution in [2.75, 3.05) is 12.8 Å². The van der Waals surface area contributed by atoms with Gasteiger partial charge in [-0.3, -0.25) is 4.79 Å². The number of carbonyl (C=O) groups excluding carboxylic acids is 1. The van der Waals surface area contributed by atoms with Crippen molar-refractivity contribution in [1.82, 2.24) is 24.6 Å². The summed E-state index contributed by atoms with van der Waals surface area (Å²) in [6.07, 6.45) is 0. The molecule has 0 fully saturated rings. The number of amides is 1. The van der Waals surface area contributed by atoms with Gasteiger partial charge in [0, 0.05) is 19.2 Å². The summed E-state index contributed by atoms with van der Waals surface area (Å²) in [4.78, 5) is 19.5. The highest BCUT2D eigenvalue weighted by Gasteiger charge is 2.22. The van der Waals surface area contributed by atoms with Crippen molar-refractivity contribution in [2.24, 2.45) is 0 Å². The molecule has 0 N–H and O–H groups in total. The second-order valence-corrected chi connectivity index (χ2v) is 11.4. The molecule has 0 radical (unpaired) electrons. The first-order valence-corrected chi connectivity index (χ1v) is 13.3. The predicted octanol–water partition coefficient (Wildman–Crippen LogP) is 6.18. The van der Waals surface area contributed by atoms with Gasteiger partial charge in [-0.15, -0.1) is 21.5 Å². The molecule has 1 unspecified atom stereocenters.